The van der Waals surface area contributed by atoms with E-state index in [0.717, 1.165) is 18.4 Å². The van der Waals surface area contributed by atoms with Crippen molar-refractivity contribution in [2.24, 2.45) is 5.92 Å². The Labute approximate surface area is 194 Å². The van der Waals surface area contributed by atoms with Crippen molar-refractivity contribution < 1.29 is 17.6 Å². The third kappa shape index (κ3) is 4.40. The van der Waals surface area contributed by atoms with E-state index in [9.17, 15) is 22.9 Å². The van der Waals surface area contributed by atoms with E-state index in [-0.39, 0.29) is 34.9 Å². The third-order valence-electron chi connectivity index (χ3n) is 6.86. The van der Waals surface area contributed by atoms with Crippen molar-refractivity contribution in [3.8, 4) is 17.2 Å². The quantitative estimate of drug-likeness (QED) is 0.660. The summed E-state index contributed by atoms with van der Waals surface area (Å²) in [5.74, 6) is -0.801. The van der Waals surface area contributed by atoms with Gasteiger partial charge in [-0.15, -0.1) is 0 Å². The normalized spacial score (nSPS) is 23.4. The highest BCUT2D eigenvalue weighted by atomic mass is 32.2. The fourth-order valence-electron chi connectivity index (χ4n) is 5.00. The first-order valence-corrected chi connectivity index (χ1v) is 12.7. The van der Waals surface area contributed by atoms with Crippen LogP contribution in [0.2, 0.25) is 0 Å². The molecule has 2 fully saturated rings. The molecule has 3 atom stereocenters. The van der Waals surface area contributed by atoms with E-state index in [1.807, 2.05) is 6.92 Å². The van der Waals surface area contributed by atoms with Crippen molar-refractivity contribution >= 4 is 15.9 Å². The summed E-state index contributed by atoms with van der Waals surface area (Å²) >= 11 is 0. The molecule has 0 radical (unpaired) electrons. The molecule has 1 heterocycles. The van der Waals surface area contributed by atoms with Crippen LogP contribution in [0.15, 0.2) is 47.4 Å². The topological polar surface area (TPSA) is 81.5 Å². The van der Waals surface area contributed by atoms with Crippen molar-refractivity contribution in [1.82, 2.24) is 9.21 Å². The lowest BCUT2D eigenvalue weighted by atomic mass is 10.0. The Morgan fingerprint density at radius 1 is 1.15 bits per heavy atom. The molecule has 1 aliphatic heterocycles. The SMILES string of the molecule is Cc1ccc(S(=O)(=O)N2CCC[C@H]2C(=O)N(C)[C@@H]2CC[C@H](C#N)C2)c(-c2ccccc2F)c1. The largest absolute Gasteiger partial charge is 0.341 e. The number of rotatable bonds is 5. The van der Waals surface area contributed by atoms with E-state index >= 15 is 0 Å². The molecule has 2 aromatic carbocycles. The fourth-order valence-corrected chi connectivity index (χ4v) is 6.84. The van der Waals surface area contributed by atoms with Gasteiger partial charge in [-0.05, 0) is 57.2 Å². The first-order chi connectivity index (χ1) is 15.7. The molecule has 33 heavy (non-hydrogen) atoms. The number of hydrogen-bond acceptors (Lipinski definition) is 4. The molecule has 1 amide bonds. The number of benzene rings is 2. The molecule has 4 rings (SSSR count). The summed E-state index contributed by atoms with van der Waals surface area (Å²) < 4.78 is 43.5. The second kappa shape index (κ2) is 9.24. The van der Waals surface area contributed by atoms with Crippen LogP contribution in [0.4, 0.5) is 4.39 Å². The number of aryl methyl sites for hydroxylation is 1. The Kier molecular flexibility index (Phi) is 6.55. The number of sulfonamides is 1. The van der Waals surface area contributed by atoms with Gasteiger partial charge in [0.05, 0.1) is 11.0 Å². The number of nitrogens with zero attached hydrogens (tertiary/aromatic N) is 3. The lowest BCUT2D eigenvalue weighted by Crippen LogP contribution is -2.49. The van der Waals surface area contributed by atoms with Gasteiger partial charge in [-0.3, -0.25) is 4.79 Å². The standard InChI is InChI=1S/C25H28FN3O3S/c1-17-9-12-24(21(14-17)20-6-3-4-7-22(20)26)33(31,32)29-13-5-8-23(29)25(30)28(2)19-11-10-18(15-19)16-27/h3-4,6-7,9,12,14,18-19,23H,5,8,10-11,13,15H2,1-2H3/t18-,19+,23-/m0/s1. The van der Waals surface area contributed by atoms with Crippen molar-refractivity contribution in [2.75, 3.05) is 13.6 Å². The molecule has 6 nitrogen and oxygen atoms in total. The van der Waals surface area contributed by atoms with Gasteiger partial charge in [-0.1, -0.05) is 29.8 Å². The van der Waals surface area contributed by atoms with Gasteiger partial charge in [0.15, 0.2) is 0 Å². The minimum atomic E-state index is -4.05. The molecule has 0 aromatic heterocycles. The first-order valence-electron chi connectivity index (χ1n) is 11.3. The zero-order chi connectivity index (χ0) is 23.8. The number of carbonyl (C=O) groups excluding carboxylic acids is 1. The minimum Gasteiger partial charge on any atom is -0.341 e. The van der Waals surface area contributed by atoms with Crippen LogP contribution in [0.1, 0.15) is 37.7 Å². The van der Waals surface area contributed by atoms with Crippen molar-refractivity contribution in [3.05, 3.63) is 53.8 Å². The van der Waals surface area contributed by atoms with E-state index in [0.29, 0.717) is 24.8 Å². The van der Waals surface area contributed by atoms with Gasteiger partial charge in [-0.25, -0.2) is 12.8 Å². The van der Waals surface area contributed by atoms with Crippen LogP contribution < -0.4 is 0 Å². The minimum absolute atomic E-state index is 0.00552. The summed E-state index contributed by atoms with van der Waals surface area (Å²) in [4.78, 5) is 15.0. The van der Waals surface area contributed by atoms with Crippen molar-refractivity contribution in [3.63, 3.8) is 0 Å². The highest BCUT2D eigenvalue weighted by molar-refractivity contribution is 7.89. The Balaban J connectivity index is 1.67. The van der Waals surface area contributed by atoms with Gasteiger partial charge in [0, 0.05) is 36.7 Å². The maximum atomic E-state index is 14.6. The maximum absolute atomic E-state index is 14.6. The molecular weight excluding hydrogens is 441 g/mol. The Bertz CT molecular complexity index is 1210. The molecule has 1 saturated heterocycles. The van der Waals surface area contributed by atoms with E-state index in [1.54, 1.807) is 42.3 Å². The van der Waals surface area contributed by atoms with Gasteiger partial charge < -0.3 is 4.90 Å². The number of likely N-dealkylation sites (N-methyl/N-ethyl adjacent to an activating group) is 1. The smallest absolute Gasteiger partial charge is 0.244 e. The Morgan fingerprint density at radius 3 is 2.61 bits per heavy atom. The number of halogens is 1. The van der Waals surface area contributed by atoms with E-state index < -0.39 is 21.9 Å². The van der Waals surface area contributed by atoms with Crippen LogP contribution in [0.3, 0.4) is 0 Å². The van der Waals surface area contributed by atoms with Gasteiger partial charge in [0.2, 0.25) is 15.9 Å². The monoisotopic (exact) mass is 469 g/mol. The second-order valence-corrected chi connectivity index (χ2v) is 10.9. The highest BCUT2D eigenvalue weighted by Gasteiger charge is 2.43. The van der Waals surface area contributed by atoms with Crippen LogP contribution in [-0.2, 0) is 14.8 Å². The summed E-state index contributed by atoms with van der Waals surface area (Å²) in [6.45, 7) is 2.07. The van der Waals surface area contributed by atoms with Crippen LogP contribution in [0.25, 0.3) is 11.1 Å². The zero-order valence-corrected chi connectivity index (χ0v) is 19.7. The van der Waals surface area contributed by atoms with Gasteiger partial charge in [-0.2, -0.15) is 9.57 Å². The van der Waals surface area contributed by atoms with E-state index in [4.69, 9.17) is 0 Å². The number of carbonyl (C=O) groups is 1. The molecule has 1 aliphatic carbocycles. The van der Waals surface area contributed by atoms with Crippen LogP contribution in [-0.4, -0.2) is 49.2 Å². The molecule has 8 heteroatoms. The molecule has 0 unspecified atom stereocenters. The number of nitriles is 1. The maximum Gasteiger partial charge on any atom is 0.244 e. The summed E-state index contributed by atoms with van der Waals surface area (Å²) in [5, 5.41) is 9.18. The predicted octanol–water partition coefficient (Wildman–Crippen LogP) is 4.10. The van der Waals surface area contributed by atoms with Gasteiger partial charge >= 0.3 is 0 Å². The lowest BCUT2D eigenvalue weighted by molar-refractivity contribution is -0.135. The lowest BCUT2D eigenvalue weighted by Gasteiger charge is -2.31. The Hall–Kier alpha value is -2.76. The summed E-state index contributed by atoms with van der Waals surface area (Å²) in [6, 6.07) is 12.4. The van der Waals surface area contributed by atoms with Crippen LogP contribution >= 0.6 is 0 Å². The molecule has 2 aliphatic rings. The average Bonchev–Trinajstić information content (AvgIpc) is 3.48. The van der Waals surface area contributed by atoms with Crippen molar-refractivity contribution in [1.29, 1.82) is 5.26 Å². The fraction of sp³-hybridized carbons (Fsp3) is 0.440. The van der Waals surface area contributed by atoms with Crippen LogP contribution in [0, 0.1) is 30.0 Å². The summed E-state index contributed by atoms with van der Waals surface area (Å²) in [7, 11) is -2.35. The van der Waals surface area contributed by atoms with Crippen LogP contribution in [0.5, 0.6) is 0 Å². The third-order valence-corrected chi connectivity index (χ3v) is 8.82. The van der Waals surface area contributed by atoms with E-state index in [2.05, 4.69) is 6.07 Å². The zero-order valence-electron chi connectivity index (χ0n) is 18.9. The van der Waals surface area contributed by atoms with E-state index in [1.165, 1.54) is 16.4 Å². The van der Waals surface area contributed by atoms with Gasteiger partial charge in [0.25, 0.3) is 0 Å². The highest BCUT2D eigenvalue weighted by Crippen LogP contribution is 2.36. The average molecular weight is 470 g/mol. The molecule has 0 N–H and O–H groups in total. The summed E-state index contributed by atoms with van der Waals surface area (Å²) in [5.41, 5.74) is 1.33. The molecular formula is C25H28FN3O3S. The molecule has 2 aromatic rings. The molecule has 0 bridgehead atoms. The molecule has 174 valence electrons. The van der Waals surface area contributed by atoms with Gasteiger partial charge in [0.1, 0.15) is 11.9 Å². The van der Waals surface area contributed by atoms with Crippen molar-refractivity contribution in [2.45, 2.75) is 56.0 Å². The molecule has 0 spiro atoms. The predicted molar refractivity (Wildman–Crippen MR) is 123 cm³/mol. The summed E-state index contributed by atoms with van der Waals surface area (Å²) in [6.07, 6.45) is 3.14. The number of hydrogen-bond donors (Lipinski definition) is 0. The first kappa shape index (κ1) is 23.4. The molecule has 1 saturated carbocycles. The Morgan fingerprint density at radius 2 is 1.91 bits per heavy atom. The number of amides is 1. The second-order valence-electron chi connectivity index (χ2n) is 9.00.